The van der Waals surface area contributed by atoms with E-state index in [0.717, 1.165) is 12.1 Å². The van der Waals surface area contributed by atoms with Gasteiger partial charge in [0, 0.05) is 26.2 Å². The molecule has 0 aromatic carbocycles. The molecule has 1 aromatic heterocycles. The summed E-state index contributed by atoms with van der Waals surface area (Å²) in [6.07, 6.45) is -4.53. The second-order valence-electron chi connectivity index (χ2n) is 5.02. The van der Waals surface area contributed by atoms with E-state index in [0.29, 0.717) is 19.6 Å². The Bertz CT molecular complexity index is 552. The highest BCUT2D eigenvalue weighted by atomic mass is 19.4. The molecule has 0 amide bonds. The van der Waals surface area contributed by atoms with Gasteiger partial charge in [-0.2, -0.15) is 18.4 Å². The molecule has 21 heavy (non-hydrogen) atoms. The number of pyridine rings is 1. The molecule has 8 heteroatoms. The molecule has 0 aliphatic carbocycles. The third kappa shape index (κ3) is 3.25. The van der Waals surface area contributed by atoms with Crippen LogP contribution < -0.4 is 10.6 Å². The van der Waals surface area contributed by atoms with Crippen LogP contribution in [0.1, 0.15) is 11.3 Å². The lowest BCUT2D eigenvalue weighted by Gasteiger charge is -2.40. The molecule has 0 bridgehead atoms. The number of likely N-dealkylation sites (N-methyl/N-ethyl adjacent to an activating group) is 1. The van der Waals surface area contributed by atoms with Crippen molar-refractivity contribution in [1.82, 2.24) is 9.88 Å². The first kappa shape index (κ1) is 15.5. The lowest BCUT2D eigenvalue weighted by Crippen LogP contribution is -2.55. The van der Waals surface area contributed by atoms with E-state index in [2.05, 4.69) is 4.98 Å². The normalized spacial score (nSPS) is 20.4. The molecule has 114 valence electrons. The Hall–Kier alpha value is -1.85. The summed E-state index contributed by atoms with van der Waals surface area (Å²) in [5, 5.41) is 9.11. The third-order valence-electron chi connectivity index (χ3n) is 3.52. The monoisotopic (exact) mass is 299 g/mol. The predicted molar refractivity (Wildman–Crippen MR) is 71.6 cm³/mol. The van der Waals surface area contributed by atoms with Crippen molar-refractivity contribution in [2.75, 3.05) is 38.1 Å². The van der Waals surface area contributed by atoms with Crippen LogP contribution in [0.3, 0.4) is 0 Å². The summed E-state index contributed by atoms with van der Waals surface area (Å²) in [4.78, 5) is 7.42. The van der Waals surface area contributed by atoms with Crippen LogP contribution >= 0.6 is 0 Å². The quantitative estimate of drug-likeness (QED) is 0.884. The number of nitrogens with two attached hydrogens (primary N) is 1. The lowest BCUT2D eigenvalue weighted by molar-refractivity contribution is -0.141. The number of hydrogen-bond acceptors (Lipinski definition) is 5. The minimum atomic E-state index is -4.53. The fraction of sp³-hybridized carbons (Fsp3) is 0.538. The number of anilines is 1. The molecule has 2 rings (SSSR count). The van der Waals surface area contributed by atoms with Crippen molar-refractivity contribution in [3.05, 3.63) is 23.4 Å². The molecule has 2 N–H and O–H groups in total. The van der Waals surface area contributed by atoms with Crippen molar-refractivity contribution in [1.29, 1.82) is 5.26 Å². The Kier molecular flexibility index (Phi) is 4.34. The van der Waals surface area contributed by atoms with Crippen LogP contribution in [0.15, 0.2) is 12.1 Å². The number of alkyl halides is 3. The molecule has 0 saturated carbocycles. The zero-order valence-corrected chi connectivity index (χ0v) is 11.6. The number of nitriles is 1. The number of piperazine rings is 1. The van der Waals surface area contributed by atoms with Gasteiger partial charge < -0.3 is 15.5 Å². The van der Waals surface area contributed by atoms with Gasteiger partial charge in [-0.05, 0) is 19.2 Å². The van der Waals surface area contributed by atoms with Crippen LogP contribution in [0.2, 0.25) is 0 Å². The highest BCUT2D eigenvalue weighted by molar-refractivity contribution is 5.55. The molecule has 1 unspecified atom stereocenters. The second kappa shape index (κ2) is 5.87. The van der Waals surface area contributed by atoms with Gasteiger partial charge in [0.25, 0.3) is 0 Å². The van der Waals surface area contributed by atoms with Gasteiger partial charge in [0.2, 0.25) is 0 Å². The van der Waals surface area contributed by atoms with E-state index in [-0.39, 0.29) is 24.0 Å². The highest BCUT2D eigenvalue weighted by Gasteiger charge is 2.35. The second-order valence-corrected chi connectivity index (χ2v) is 5.02. The standard InChI is InChI=1S/C13H16F3N5/c1-20-4-5-21(10(7-18)8-20)12-9(6-17)2-3-11(19-12)13(14,15)16/h2-3,10H,4-5,7-8,18H2,1H3. The van der Waals surface area contributed by atoms with E-state index in [4.69, 9.17) is 11.0 Å². The topological polar surface area (TPSA) is 69.2 Å². The maximum Gasteiger partial charge on any atom is 0.433 e. The molecule has 2 heterocycles. The molecule has 0 radical (unpaired) electrons. The van der Waals surface area contributed by atoms with Crippen molar-refractivity contribution in [3.8, 4) is 6.07 Å². The molecule has 5 nitrogen and oxygen atoms in total. The van der Waals surface area contributed by atoms with E-state index < -0.39 is 11.9 Å². The molecule has 0 spiro atoms. The number of aromatic nitrogens is 1. The first-order valence-corrected chi connectivity index (χ1v) is 6.50. The molecule has 1 aliphatic rings. The Morgan fingerprint density at radius 2 is 2.14 bits per heavy atom. The van der Waals surface area contributed by atoms with Crippen molar-refractivity contribution in [2.24, 2.45) is 5.73 Å². The molecule has 1 atom stereocenters. The largest absolute Gasteiger partial charge is 0.433 e. The van der Waals surface area contributed by atoms with Crippen molar-refractivity contribution >= 4 is 5.82 Å². The summed E-state index contributed by atoms with van der Waals surface area (Å²) in [6, 6.07) is 3.73. The van der Waals surface area contributed by atoms with Gasteiger partial charge >= 0.3 is 6.18 Å². The van der Waals surface area contributed by atoms with E-state index >= 15 is 0 Å². The van der Waals surface area contributed by atoms with Gasteiger partial charge in [-0.25, -0.2) is 4.98 Å². The highest BCUT2D eigenvalue weighted by Crippen LogP contribution is 2.31. The molecular weight excluding hydrogens is 283 g/mol. The summed E-state index contributed by atoms with van der Waals surface area (Å²) < 4.78 is 38.4. The maximum atomic E-state index is 12.8. The minimum Gasteiger partial charge on any atom is -0.349 e. The summed E-state index contributed by atoms with van der Waals surface area (Å²) in [6.45, 7) is 2.08. The zero-order chi connectivity index (χ0) is 15.6. The number of rotatable bonds is 2. The fourth-order valence-electron chi connectivity index (χ4n) is 2.40. The maximum absolute atomic E-state index is 12.8. The van der Waals surface area contributed by atoms with Crippen molar-refractivity contribution < 1.29 is 13.2 Å². The lowest BCUT2D eigenvalue weighted by atomic mass is 10.1. The molecule has 1 fully saturated rings. The van der Waals surface area contributed by atoms with Gasteiger partial charge in [-0.3, -0.25) is 0 Å². The predicted octanol–water partition coefficient (Wildman–Crippen LogP) is 1.05. The number of halogens is 3. The smallest absolute Gasteiger partial charge is 0.349 e. The fourth-order valence-corrected chi connectivity index (χ4v) is 2.40. The zero-order valence-electron chi connectivity index (χ0n) is 11.6. The van der Waals surface area contributed by atoms with Gasteiger partial charge in [0.1, 0.15) is 17.6 Å². The van der Waals surface area contributed by atoms with Gasteiger partial charge in [0.05, 0.1) is 11.6 Å². The van der Waals surface area contributed by atoms with Crippen LogP contribution in [-0.2, 0) is 6.18 Å². The molecule has 1 saturated heterocycles. The van der Waals surface area contributed by atoms with Gasteiger partial charge in [0.15, 0.2) is 0 Å². The van der Waals surface area contributed by atoms with E-state index in [1.807, 2.05) is 18.0 Å². The number of nitrogens with zero attached hydrogens (tertiary/aromatic N) is 4. The van der Waals surface area contributed by atoms with Crippen LogP contribution in [-0.4, -0.2) is 49.2 Å². The Labute approximate surface area is 120 Å². The minimum absolute atomic E-state index is 0.0656. The van der Waals surface area contributed by atoms with Crippen molar-refractivity contribution in [3.63, 3.8) is 0 Å². The summed E-state index contributed by atoms with van der Waals surface area (Å²) in [5.41, 5.74) is 4.84. The summed E-state index contributed by atoms with van der Waals surface area (Å²) in [7, 11) is 1.92. The number of hydrogen-bond donors (Lipinski definition) is 1. The summed E-state index contributed by atoms with van der Waals surface area (Å²) in [5.74, 6) is 0.0656. The first-order chi connectivity index (χ1) is 9.86. The van der Waals surface area contributed by atoms with Crippen LogP contribution in [0, 0.1) is 11.3 Å². The first-order valence-electron chi connectivity index (χ1n) is 6.50. The Morgan fingerprint density at radius 1 is 1.43 bits per heavy atom. The van der Waals surface area contributed by atoms with Gasteiger partial charge in [-0.15, -0.1) is 0 Å². The van der Waals surface area contributed by atoms with Gasteiger partial charge in [-0.1, -0.05) is 0 Å². The van der Waals surface area contributed by atoms with E-state index in [1.54, 1.807) is 4.90 Å². The van der Waals surface area contributed by atoms with Crippen LogP contribution in [0.4, 0.5) is 19.0 Å². The molecule has 1 aromatic rings. The van der Waals surface area contributed by atoms with Crippen LogP contribution in [0.5, 0.6) is 0 Å². The molecular formula is C13H16F3N5. The van der Waals surface area contributed by atoms with E-state index in [9.17, 15) is 13.2 Å². The Morgan fingerprint density at radius 3 is 2.71 bits per heavy atom. The van der Waals surface area contributed by atoms with E-state index in [1.165, 1.54) is 0 Å². The van der Waals surface area contributed by atoms with Crippen molar-refractivity contribution in [2.45, 2.75) is 12.2 Å². The van der Waals surface area contributed by atoms with Crippen LogP contribution in [0.25, 0.3) is 0 Å². The average molecular weight is 299 g/mol. The SMILES string of the molecule is CN1CCN(c2nc(C(F)(F)F)ccc2C#N)C(CN)C1. The molecule has 1 aliphatic heterocycles. The summed E-state index contributed by atoms with van der Waals surface area (Å²) >= 11 is 0. The Balaban J connectivity index is 2.43. The average Bonchev–Trinajstić information content (AvgIpc) is 2.45. The third-order valence-corrected chi connectivity index (χ3v) is 3.52.